The van der Waals surface area contributed by atoms with Gasteiger partial charge >= 0.3 is 5.97 Å². The molecule has 0 aliphatic rings. The van der Waals surface area contributed by atoms with Crippen LogP contribution in [0.3, 0.4) is 0 Å². The van der Waals surface area contributed by atoms with Crippen LogP contribution in [0.15, 0.2) is 58.3 Å². The maximum Gasteiger partial charge on any atom is 0.325 e. The van der Waals surface area contributed by atoms with Crippen molar-refractivity contribution in [2.24, 2.45) is 4.58 Å². The number of pyridine rings is 1. The van der Waals surface area contributed by atoms with Crippen LogP contribution in [0.2, 0.25) is 0 Å². The Balaban J connectivity index is 1.71. The third-order valence-corrected chi connectivity index (χ3v) is 5.44. The predicted octanol–water partition coefficient (Wildman–Crippen LogP) is 4.18. The molecule has 0 radical (unpaired) electrons. The summed E-state index contributed by atoms with van der Waals surface area (Å²) in [6.07, 6.45) is 3.48. The summed E-state index contributed by atoms with van der Waals surface area (Å²) in [5.74, 6) is 0.315. The minimum absolute atomic E-state index is 0.0146. The van der Waals surface area contributed by atoms with E-state index in [4.69, 9.17) is 9.47 Å². The lowest BCUT2D eigenvalue weighted by Gasteiger charge is -2.14. The normalized spacial score (nSPS) is 11.6. The molecule has 11 heteroatoms. The minimum Gasteiger partial charge on any atom is -0.465 e. The van der Waals surface area contributed by atoms with E-state index >= 15 is 0 Å². The van der Waals surface area contributed by atoms with E-state index in [1.807, 2.05) is 49.5 Å². The Hall–Kier alpha value is -3.44. The van der Waals surface area contributed by atoms with Crippen molar-refractivity contribution >= 4 is 29.3 Å². The molecule has 0 saturated carbocycles. The highest BCUT2D eigenvalue weighted by atomic mass is 32.2. The molecule has 0 amide bonds. The van der Waals surface area contributed by atoms with Crippen LogP contribution in [0.1, 0.15) is 31.0 Å². The van der Waals surface area contributed by atoms with Gasteiger partial charge in [-0.1, -0.05) is 13.0 Å². The van der Waals surface area contributed by atoms with Crippen LogP contribution in [0, 0.1) is 4.91 Å². The molecule has 3 aromatic rings. The fourth-order valence-corrected chi connectivity index (χ4v) is 3.61. The van der Waals surface area contributed by atoms with E-state index in [-0.39, 0.29) is 18.4 Å². The number of hydrogen-bond acceptors (Lipinski definition) is 10. The number of anilines is 2. The largest absolute Gasteiger partial charge is 0.465 e. The smallest absolute Gasteiger partial charge is 0.325 e. The summed E-state index contributed by atoms with van der Waals surface area (Å²) in [7, 11) is 1.59. The maximum atomic E-state index is 11.5. The van der Waals surface area contributed by atoms with E-state index in [0.29, 0.717) is 24.8 Å². The predicted molar refractivity (Wildman–Crippen MR) is 128 cm³/mol. The summed E-state index contributed by atoms with van der Waals surface area (Å²) in [5, 5.41) is 10.7. The SMILES string of the molecule is CCOC(=O)CNc1ccc(-n2ccc(C(C)c3ccc(NCOC)c(SN=O)c3)n2)nc1. The highest BCUT2D eigenvalue weighted by Gasteiger charge is 2.15. The van der Waals surface area contributed by atoms with Gasteiger partial charge in [-0.15, -0.1) is 4.91 Å². The Morgan fingerprint density at radius 2 is 2.09 bits per heavy atom. The van der Waals surface area contributed by atoms with Gasteiger partial charge in [0.25, 0.3) is 0 Å². The van der Waals surface area contributed by atoms with Crippen LogP contribution in [0.5, 0.6) is 0 Å². The van der Waals surface area contributed by atoms with E-state index in [1.165, 1.54) is 0 Å². The first-order valence-electron chi connectivity index (χ1n) is 10.3. The molecule has 0 spiro atoms. The van der Waals surface area contributed by atoms with Gasteiger partial charge in [-0.2, -0.15) is 5.10 Å². The minimum atomic E-state index is -0.319. The van der Waals surface area contributed by atoms with E-state index in [1.54, 1.807) is 24.9 Å². The highest BCUT2D eigenvalue weighted by molar-refractivity contribution is 7.98. The van der Waals surface area contributed by atoms with E-state index in [0.717, 1.165) is 33.8 Å². The summed E-state index contributed by atoms with van der Waals surface area (Å²) >= 11 is 0.872. The molecule has 0 bridgehead atoms. The van der Waals surface area contributed by atoms with E-state index in [9.17, 15) is 9.70 Å². The first-order valence-corrected chi connectivity index (χ1v) is 11.1. The Kier molecular flexibility index (Phi) is 8.79. The van der Waals surface area contributed by atoms with Gasteiger partial charge in [-0.3, -0.25) is 4.79 Å². The molecule has 2 N–H and O–H groups in total. The summed E-state index contributed by atoms with van der Waals surface area (Å²) in [6.45, 7) is 4.57. The Morgan fingerprint density at radius 3 is 2.79 bits per heavy atom. The molecule has 1 unspecified atom stereocenters. The first-order chi connectivity index (χ1) is 16.0. The third-order valence-electron chi connectivity index (χ3n) is 4.83. The summed E-state index contributed by atoms with van der Waals surface area (Å²) < 4.78 is 14.6. The molecule has 0 saturated heterocycles. The summed E-state index contributed by atoms with van der Waals surface area (Å²) in [4.78, 5) is 27.4. The molecule has 1 atom stereocenters. The van der Waals surface area contributed by atoms with Crippen LogP contribution >= 0.6 is 11.9 Å². The summed E-state index contributed by atoms with van der Waals surface area (Å²) in [6, 6.07) is 11.4. The first kappa shape index (κ1) is 24.2. The van der Waals surface area contributed by atoms with Crippen molar-refractivity contribution in [1.82, 2.24) is 14.8 Å². The van der Waals surface area contributed by atoms with Crippen LogP contribution in [0.4, 0.5) is 11.4 Å². The number of ether oxygens (including phenoxy) is 2. The number of esters is 1. The fraction of sp³-hybridized carbons (Fsp3) is 0.318. The molecule has 0 aliphatic heterocycles. The van der Waals surface area contributed by atoms with Crippen molar-refractivity contribution in [2.45, 2.75) is 24.7 Å². The number of rotatable bonds is 12. The molecule has 10 nitrogen and oxygen atoms in total. The molecule has 174 valence electrons. The van der Waals surface area contributed by atoms with Crippen LogP contribution < -0.4 is 10.6 Å². The Bertz CT molecular complexity index is 1070. The molecular weight excluding hydrogens is 444 g/mol. The number of aromatic nitrogens is 3. The Labute approximate surface area is 196 Å². The zero-order chi connectivity index (χ0) is 23.6. The van der Waals surface area contributed by atoms with Crippen molar-refractivity contribution in [3.8, 4) is 5.82 Å². The number of nitrogens with zero attached hydrogens (tertiary/aromatic N) is 4. The molecule has 1 aromatic carbocycles. The van der Waals surface area contributed by atoms with Crippen LogP contribution in [0.25, 0.3) is 5.82 Å². The van der Waals surface area contributed by atoms with Gasteiger partial charge in [0, 0.05) is 23.8 Å². The highest BCUT2D eigenvalue weighted by Crippen LogP contribution is 2.33. The summed E-state index contributed by atoms with van der Waals surface area (Å²) in [5.41, 5.74) is 3.35. The number of nitroso groups, excluding NO2 is 1. The number of nitrogens with one attached hydrogen (secondary N) is 2. The van der Waals surface area contributed by atoms with Crippen LogP contribution in [-0.2, 0) is 14.3 Å². The van der Waals surface area contributed by atoms with Gasteiger partial charge in [0.05, 0.1) is 46.7 Å². The van der Waals surface area contributed by atoms with Gasteiger partial charge in [0.1, 0.15) is 13.3 Å². The zero-order valence-electron chi connectivity index (χ0n) is 18.6. The third kappa shape index (κ3) is 6.53. The zero-order valence-corrected chi connectivity index (χ0v) is 19.5. The van der Waals surface area contributed by atoms with Crippen molar-refractivity contribution < 1.29 is 14.3 Å². The lowest BCUT2D eigenvalue weighted by atomic mass is 9.98. The number of hydrogen-bond donors (Lipinski definition) is 2. The number of carbonyl (C=O) groups excluding carboxylic acids is 1. The molecule has 0 aliphatic carbocycles. The molecular formula is C22H26N6O4S. The topological polar surface area (TPSA) is 120 Å². The number of methoxy groups -OCH3 is 1. The van der Waals surface area contributed by atoms with Crippen molar-refractivity contribution in [3.63, 3.8) is 0 Å². The monoisotopic (exact) mass is 470 g/mol. The second-order valence-corrected chi connectivity index (χ2v) is 7.77. The Morgan fingerprint density at radius 1 is 1.24 bits per heavy atom. The van der Waals surface area contributed by atoms with Gasteiger partial charge in [0.15, 0.2) is 5.82 Å². The number of carbonyl (C=O) groups is 1. The van der Waals surface area contributed by atoms with Crippen molar-refractivity contribution in [3.05, 3.63) is 65.0 Å². The van der Waals surface area contributed by atoms with Gasteiger partial charge in [-0.25, -0.2) is 9.67 Å². The van der Waals surface area contributed by atoms with E-state index in [2.05, 4.69) is 25.3 Å². The molecule has 2 aromatic heterocycles. The maximum absolute atomic E-state index is 11.5. The van der Waals surface area contributed by atoms with E-state index < -0.39 is 0 Å². The standard InChI is InChI=1S/C22H26N6O4S/c1-4-32-22(29)13-23-17-6-8-21(24-12-17)28-10-9-18(26-28)15(2)16-5-7-19(25-14-31-3)20(11-16)33-27-30/h5-12,15,23,25H,4,13-14H2,1-3H3. The van der Waals surface area contributed by atoms with Gasteiger partial charge in [-0.05, 0) is 42.8 Å². The lowest BCUT2D eigenvalue weighted by molar-refractivity contribution is -0.140. The lowest BCUT2D eigenvalue weighted by Crippen LogP contribution is -2.16. The molecule has 0 fully saturated rings. The van der Waals surface area contributed by atoms with Crippen molar-refractivity contribution in [1.29, 1.82) is 0 Å². The molecule has 3 rings (SSSR count). The van der Waals surface area contributed by atoms with Crippen LogP contribution in [-0.4, -0.2) is 47.7 Å². The van der Waals surface area contributed by atoms with Gasteiger partial charge < -0.3 is 20.1 Å². The average molecular weight is 471 g/mol. The second-order valence-electron chi connectivity index (χ2n) is 7.00. The fourth-order valence-electron chi connectivity index (χ4n) is 3.10. The average Bonchev–Trinajstić information content (AvgIpc) is 3.32. The molecule has 33 heavy (non-hydrogen) atoms. The second kappa shape index (κ2) is 12.0. The van der Waals surface area contributed by atoms with Gasteiger partial charge in [0.2, 0.25) is 0 Å². The number of benzene rings is 1. The quantitative estimate of drug-likeness (QED) is 0.174. The molecule has 2 heterocycles. The van der Waals surface area contributed by atoms with Crippen molar-refractivity contribution in [2.75, 3.05) is 37.6 Å².